The monoisotopic (exact) mass is 275 g/mol. The summed E-state index contributed by atoms with van der Waals surface area (Å²) in [5.74, 6) is 0. The Balaban J connectivity index is 1.93. The lowest BCUT2D eigenvalue weighted by atomic mass is 10.0. The van der Waals surface area contributed by atoms with Gasteiger partial charge in [0.25, 0.3) is 0 Å². The zero-order chi connectivity index (χ0) is 14.5. The third-order valence-corrected chi connectivity index (χ3v) is 4.65. The number of nitrogens with zero attached hydrogens (tertiary/aromatic N) is 2. The average Bonchev–Trinajstić information content (AvgIpc) is 2.53. The van der Waals surface area contributed by atoms with Crippen LogP contribution in [0.1, 0.15) is 45.2 Å². The van der Waals surface area contributed by atoms with Crippen molar-refractivity contribution in [1.82, 2.24) is 4.90 Å². The molecule has 1 aliphatic rings. The molecule has 1 aromatic rings. The Bertz CT molecular complexity index is 393. The highest BCUT2D eigenvalue weighted by Gasteiger charge is 2.20. The molecule has 1 fully saturated rings. The molecule has 1 heterocycles. The van der Waals surface area contributed by atoms with Gasteiger partial charge in [-0.15, -0.1) is 0 Å². The van der Waals surface area contributed by atoms with E-state index < -0.39 is 0 Å². The zero-order valence-corrected chi connectivity index (χ0v) is 13.2. The maximum atomic E-state index is 6.07. The second-order valence-corrected chi connectivity index (χ2v) is 5.89. The van der Waals surface area contributed by atoms with Gasteiger partial charge in [0.1, 0.15) is 0 Å². The molecule has 112 valence electrons. The normalized spacial score (nSPS) is 19.9. The van der Waals surface area contributed by atoms with Crippen molar-refractivity contribution in [2.24, 2.45) is 5.73 Å². The number of nitrogens with two attached hydrogens (primary N) is 1. The summed E-state index contributed by atoms with van der Waals surface area (Å²) in [6, 6.07) is 9.70. The van der Waals surface area contributed by atoms with Gasteiger partial charge >= 0.3 is 0 Å². The molecule has 2 atom stereocenters. The molecular formula is C17H29N3. The van der Waals surface area contributed by atoms with Crippen molar-refractivity contribution >= 4 is 5.69 Å². The lowest BCUT2D eigenvalue weighted by Crippen LogP contribution is -2.49. The van der Waals surface area contributed by atoms with Crippen LogP contribution in [-0.4, -0.2) is 37.1 Å². The van der Waals surface area contributed by atoms with Crippen molar-refractivity contribution in [2.75, 3.05) is 31.1 Å². The van der Waals surface area contributed by atoms with Crippen LogP contribution in [0.3, 0.4) is 0 Å². The van der Waals surface area contributed by atoms with Gasteiger partial charge < -0.3 is 10.6 Å². The molecule has 0 amide bonds. The first-order chi connectivity index (χ1) is 9.65. The molecule has 0 aromatic heterocycles. The lowest BCUT2D eigenvalue weighted by Gasteiger charge is -2.39. The molecule has 2 rings (SSSR count). The van der Waals surface area contributed by atoms with Crippen LogP contribution in [0.4, 0.5) is 5.69 Å². The fourth-order valence-electron chi connectivity index (χ4n) is 2.85. The first-order valence-electron chi connectivity index (χ1n) is 8.00. The van der Waals surface area contributed by atoms with E-state index >= 15 is 0 Å². The Morgan fingerprint density at radius 2 is 1.60 bits per heavy atom. The van der Waals surface area contributed by atoms with Crippen molar-refractivity contribution in [3.05, 3.63) is 29.8 Å². The van der Waals surface area contributed by atoms with E-state index in [1.807, 2.05) is 0 Å². The van der Waals surface area contributed by atoms with E-state index in [0.29, 0.717) is 6.04 Å². The minimum Gasteiger partial charge on any atom is -0.369 e. The van der Waals surface area contributed by atoms with E-state index in [4.69, 9.17) is 5.73 Å². The number of hydrogen-bond donors (Lipinski definition) is 1. The van der Waals surface area contributed by atoms with Crippen molar-refractivity contribution in [2.45, 2.75) is 45.7 Å². The largest absolute Gasteiger partial charge is 0.369 e. The fourth-order valence-corrected chi connectivity index (χ4v) is 2.85. The van der Waals surface area contributed by atoms with Crippen molar-refractivity contribution in [1.29, 1.82) is 0 Å². The summed E-state index contributed by atoms with van der Waals surface area (Å²) in [7, 11) is 0. The van der Waals surface area contributed by atoms with E-state index in [-0.39, 0.29) is 6.04 Å². The third-order valence-electron chi connectivity index (χ3n) is 4.65. The van der Waals surface area contributed by atoms with E-state index in [9.17, 15) is 0 Å². The Kier molecular flexibility index (Phi) is 5.44. The maximum absolute atomic E-state index is 6.07. The number of anilines is 1. The smallest absolute Gasteiger partial charge is 0.0367 e. The summed E-state index contributed by atoms with van der Waals surface area (Å²) in [4.78, 5) is 5.08. The SMILES string of the molecule is CCC(N)c1ccc(N2CCN(C(C)CC)CC2)cc1. The molecule has 0 spiro atoms. The van der Waals surface area contributed by atoms with E-state index in [0.717, 1.165) is 19.5 Å². The zero-order valence-electron chi connectivity index (χ0n) is 13.2. The summed E-state index contributed by atoms with van der Waals surface area (Å²) >= 11 is 0. The summed E-state index contributed by atoms with van der Waals surface area (Å²) < 4.78 is 0. The standard InChI is InChI=1S/C17H29N3/c1-4-14(3)19-10-12-20(13-11-19)16-8-6-15(7-9-16)17(18)5-2/h6-9,14,17H,4-5,10-13,18H2,1-3H3. The fraction of sp³-hybridized carbons (Fsp3) is 0.647. The van der Waals surface area contributed by atoms with Gasteiger partial charge in [-0.3, -0.25) is 4.90 Å². The van der Waals surface area contributed by atoms with Crippen LogP contribution in [0.25, 0.3) is 0 Å². The van der Waals surface area contributed by atoms with Gasteiger partial charge in [-0.05, 0) is 37.5 Å². The summed E-state index contributed by atoms with van der Waals surface area (Å²) in [5.41, 5.74) is 8.65. The minimum atomic E-state index is 0.173. The number of rotatable bonds is 5. The van der Waals surface area contributed by atoms with E-state index in [1.54, 1.807) is 0 Å². The van der Waals surface area contributed by atoms with E-state index in [2.05, 4.69) is 54.8 Å². The quantitative estimate of drug-likeness (QED) is 0.896. The van der Waals surface area contributed by atoms with Crippen LogP contribution in [0, 0.1) is 0 Å². The van der Waals surface area contributed by atoms with Gasteiger partial charge in [-0.25, -0.2) is 0 Å². The second kappa shape index (κ2) is 7.09. The molecule has 0 radical (unpaired) electrons. The number of piperazine rings is 1. The molecule has 3 nitrogen and oxygen atoms in total. The van der Waals surface area contributed by atoms with Gasteiger partial charge in [-0.2, -0.15) is 0 Å². The van der Waals surface area contributed by atoms with Crippen LogP contribution < -0.4 is 10.6 Å². The molecule has 2 N–H and O–H groups in total. The third kappa shape index (κ3) is 3.53. The maximum Gasteiger partial charge on any atom is 0.0367 e. The molecule has 20 heavy (non-hydrogen) atoms. The minimum absolute atomic E-state index is 0.173. The first-order valence-corrected chi connectivity index (χ1v) is 8.00. The van der Waals surface area contributed by atoms with Crippen LogP contribution in [0.15, 0.2) is 24.3 Å². The Labute approximate surface area is 123 Å². The van der Waals surface area contributed by atoms with Crippen molar-refractivity contribution < 1.29 is 0 Å². The lowest BCUT2D eigenvalue weighted by molar-refractivity contribution is 0.193. The predicted molar refractivity (Wildman–Crippen MR) is 87.2 cm³/mol. The summed E-state index contributed by atoms with van der Waals surface area (Å²) in [6.45, 7) is 11.3. The van der Waals surface area contributed by atoms with Crippen molar-refractivity contribution in [3.8, 4) is 0 Å². The van der Waals surface area contributed by atoms with Crippen molar-refractivity contribution in [3.63, 3.8) is 0 Å². The Hall–Kier alpha value is -1.06. The Morgan fingerprint density at radius 1 is 1.00 bits per heavy atom. The summed E-state index contributed by atoms with van der Waals surface area (Å²) in [5, 5.41) is 0. The van der Waals surface area contributed by atoms with Gasteiger partial charge in [0.15, 0.2) is 0 Å². The highest BCUT2D eigenvalue weighted by atomic mass is 15.3. The van der Waals surface area contributed by atoms with Gasteiger partial charge in [-0.1, -0.05) is 26.0 Å². The molecule has 0 saturated carbocycles. The Morgan fingerprint density at radius 3 is 2.10 bits per heavy atom. The van der Waals surface area contributed by atoms with Crippen LogP contribution in [0.5, 0.6) is 0 Å². The number of hydrogen-bond acceptors (Lipinski definition) is 3. The molecule has 1 saturated heterocycles. The highest BCUT2D eigenvalue weighted by molar-refractivity contribution is 5.48. The predicted octanol–water partition coefficient (Wildman–Crippen LogP) is 3.02. The first kappa shape index (κ1) is 15.3. The summed E-state index contributed by atoms with van der Waals surface area (Å²) in [6.07, 6.45) is 2.23. The topological polar surface area (TPSA) is 32.5 Å². The van der Waals surface area contributed by atoms with Gasteiger partial charge in [0, 0.05) is 44.0 Å². The average molecular weight is 275 g/mol. The molecule has 0 bridgehead atoms. The van der Waals surface area contributed by atoms with Gasteiger partial charge in [0.2, 0.25) is 0 Å². The molecule has 1 aliphatic heterocycles. The molecule has 1 aromatic carbocycles. The second-order valence-electron chi connectivity index (χ2n) is 5.89. The number of benzene rings is 1. The molecule has 2 unspecified atom stereocenters. The van der Waals surface area contributed by atoms with Crippen LogP contribution in [-0.2, 0) is 0 Å². The molecule has 3 heteroatoms. The van der Waals surface area contributed by atoms with Crippen LogP contribution >= 0.6 is 0 Å². The van der Waals surface area contributed by atoms with Crippen LogP contribution in [0.2, 0.25) is 0 Å². The van der Waals surface area contributed by atoms with E-state index in [1.165, 1.54) is 30.8 Å². The molecular weight excluding hydrogens is 246 g/mol. The van der Waals surface area contributed by atoms with Gasteiger partial charge in [0.05, 0.1) is 0 Å². The molecule has 0 aliphatic carbocycles. The highest BCUT2D eigenvalue weighted by Crippen LogP contribution is 2.21.